The Morgan fingerprint density at radius 1 is 1.35 bits per heavy atom. The minimum Gasteiger partial charge on any atom is -0.448 e. The topological polar surface area (TPSA) is 54.9 Å². The van der Waals surface area contributed by atoms with Crippen molar-refractivity contribution in [1.82, 2.24) is 9.55 Å². The van der Waals surface area contributed by atoms with Crippen molar-refractivity contribution in [2.24, 2.45) is 0 Å². The summed E-state index contributed by atoms with van der Waals surface area (Å²) >= 11 is 0.999. The van der Waals surface area contributed by atoms with Gasteiger partial charge in [0, 0.05) is 0 Å². The van der Waals surface area contributed by atoms with Gasteiger partial charge in [-0.15, -0.1) is 11.3 Å². The van der Waals surface area contributed by atoms with Gasteiger partial charge in [-0.2, -0.15) is 0 Å². The number of aromatic amines is 1. The number of hydrogen-bond donors (Lipinski definition) is 1. The van der Waals surface area contributed by atoms with Gasteiger partial charge in [-0.1, -0.05) is 0 Å². The van der Waals surface area contributed by atoms with Gasteiger partial charge >= 0.3 is 64.1 Å². The summed E-state index contributed by atoms with van der Waals surface area (Å²) in [4.78, 5) is 24.4. The molecule has 0 fully saturated rings. The van der Waals surface area contributed by atoms with Crippen molar-refractivity contribution >= 4 is 28.5 Å². The fourth-order valence-corrected chi connectivity index (χ4v) is 2.19. The maximum atomic E-state index is 12.3. The average Bonchev–Trinajstić information content (AvgIpc) is 2.59. The van der Waals surface area contributed by atoms with Crippen molar-refractivity contribution in [3.63, 3.8) is 0 Å². The number of fused-ring (bicyclic) bond motifs is 1. The zero-order chi connectivity index (χ0) is 11.9. The molecule has 4 nitrogen and oxygen atoms in total. The minimum atomic E-state index is -5.13. The van der Waals surface area contributed by atoms with Crippen LogP contribution in [-0.4, -0.2) is 16.5 Å². The number of halogens is 3. The van der Waals surface area contributed by atoms with Crippen molar-refractivity contribution in [2.75, 3.05) is 0 Å². The molecule has 0 amide bonds. The van der Waals surface area contributed by atoms with Crippen LogP contribution in [0, 0.1) is 0 Å². The van der Waals surface area contributed by atoms with E-state index in [-0.39, 0.29) is 61.6 Å². The van der Waals surface area contributed by atoms with Crippen molar-refractivity contribution in [3.8, 4) is 0 Å². The smallest absolute Gasteiger partial charge is 0.448 e. The molecule has 0 atom stereocenters. The van der Waals surface area contributed by atoms with E-state index in [2.05, 4.69) is 0 Å². The van der Waals surface area contributed by atoms with Crippen LogP contribution in [-0.2, 0) is 6.44 Å². The maximum absolute atomic E-state index is 12.3. The summed E-state index contributed by atoms with van der Waals surface area (Å²) in [5.41, 5.74) is -1.66. The Bertz CT molecular complexity index is 647. The monoisotopic (exact) mass is 288 g/mol. The van der Waals surface area contributed by atoms with Gasteiger partial charge in [0.2, 0.25) is 0 Å². The predicted molar refractivity (Wildman–Crippen MR) is 55.8 cm³/mol. The summed E-state index contributed by atoms with van der Waals surface area (Å²) in [6, 6.07) is 1.33. The van der Waals surface area contributed by atoms with Crippen LogP contribution in [0.1, 0.15) is 0 Å². The molecule has 2 heterocycles. The quantitative estimate of drug-likeness (QED) is 0.659. The summed E-state index contributed by atoms with van der Waals surface area (Å²) in [5, 5.41) is 1.47. The fourth-order valence-electron chi connectivity index (χ4n) is 1.40. The van der Waals surface area contributed by atoms with Gasteiger partial charge in [0.1, 0.15) is 4.70 Å². The van der Waals surface area contributed by atoms with E-state index in [1.54, 1.807) is 0 Å². The third-order valence-electron chi connectivity index (χ3n) is 2.00. The van der Waals surface area contributed by atoms with E-state index in [0.717, 1.165) is 11.3 Å². The third kappa shape index (κ3) is 3.32. The van der Waals surface area contributed by atoms with E-state index in [0.29, 0.717) is 4.57 Å². The summed E-state index contributed by atoms with van der Waals surface area (Å²) < 4.78 is 37.5. The first-order chi connectivity index (χ1) is 7.38. The molecule has 2 rings (SSSR count). The number of rotatable bonds is 2. The first-order valence-electron chi connectivity index (χ1n) is 4.30. The summed E-state index contributed by atoms with van der Waals surface area (Å²) in [7, 11) is 0. The van der Waals surface area contributed by atoms with Crippen molar-refractivity contribution in [2.45, 2.75) is 6.44 Å². The predicted octanol–water partition coefficient (Wildman–Crippen LogP) is -1.86. The van der Waals surface area contributed by atoms with Crippen molar-refractivity contribution < 1.29 is 64.3 Å². The van der Waals surface area contributed by atoms with Crippen molar-refractivity contribution in [1.29, 1.82) is 0 Å². The number of nitrogens with one attached hydrogen (secondary N) is 1. The number of aromatic nitrogens is 2. The van der Waals surface area contributed by atoms with E-state index < -0.39 is 24.7 Å². The third-order valence-corrected chi connectivity index (χ3v) is 2.90. The fraction of sp³-hybridized carbons (Fsp3) is 0.143. The Morgan fingerprint density at radius 3 is 2.59 bits per heavy atom. The second kappa shape index (κ2) is 5.41. The van der Waals surface area contributed by atoms with E-state index in [1.807, 2.05) is 4.98 Å². The van der Waals surface area contributed by atoms with Gasteiger partial charge in [-0.3, -0.25) is 9.78 Å². The Morgan fingerprint density at radius 2 is 2.00 bits per heavy atom. The molecule has 17 heavy (non-hydrogen) atoms. The molecule has 0 bridgehead atoms. The SMILES string of the molecule is O=c1[nH]c(=O)n(C[B-](F)(F)F)c2ccsc12.[K+]. The van der Waals surface area contributed by atoms with Crippen LogP contribution < -0.4 is 62.6 Å². The van der Waals surface area contributed by atoms with E-state index in [4.69, 9.17) is 0 Å². The van der Waals surface area contributed by atoms with Gasteiger partial charge in [0.05, 0.1) is 5.52 Å². The molecule has 0 unspecified atom stereocenters. The van der Waals surface area contributed by atoms with Crippen LogP contribution in [0.3, 0.4) is 0 Å². The normalized spacial score (nSPS) is 11.5. The molecular formula is C7H5BF3KN2O2S. The number of hydrogen-bond acceptors (Lipinski definition) is 3. The number of nitrogens with zero attached hydrogens (tertiary/aromatic N) is 1. The Kier molecular flexibility index (Phi) is 4.83. The Labute approximate surface area is 139 Å². The molecule has 2 aromatic heterocycles. The molecular weight excluding hydrogens is 283 g/mol. The van der Waals surface area contributed by atoms with E-state index in [1.165, 1.54) is 11.4 Å². The minimum absolute atomic E-state index is 0. The molecule has 0 saturated heterocycles. The number of H-pyrrole nitrogens is 1. The summed E-state index contributed by atoms with van der Waals surface area (Å²) in [6.45, 7) is -5.13. The molecule has 2 aromatic rings. The first kappa shape index (κ1) is 15.2. The van der Waals surface area contributed by atoms with Gasteiger partial charge in [0.15, 0.2) is 0 Å². The molecule has 0 aromatic carbocycles. The molecule has 0 radical (unpaired) electrons. The Hall–Kier alpha value is 0.131. The molecule has 0 aliphatic heterocycles. The second-order valence-electron chi connectivity index (χ2n) is 3.22. The average molecular weight is 288 g/mol. The van der Waals surface area contributed by atoms with Gasteiger partial charge < -0.3 is 17.5 Å². The van der Waals surface area contributed by atoms with E-state index >= 15 is 0 Å². The first-order valence-corrected chi connectivity index (χ1v) is 5.18. The maximum Gasteiger partial charge on any atom is 1.00 e. The molecule has 10 heteroatoms. The largest absolute Gasteiger partial charge is 1.00 e. The van der Waals surface area contributed by atoms with Gasteiger partial charge in [-0.25, -0.2) is 4.79 Å². The number of thiophene rings is 1. The summed E-state index contributed by atoms with van der Waals surface area (Å²) in [5.74, 6) is 0. The van der Waals surface area contributed by atoms with Crippen LogP contribution in [0.5, 0.6) is 0 Å². The van der Waals surface area contributed by atoms with Gasteiger partial charge in [0.25, 0.3) is 5.56 Å². The molecule has 0 saturated carbocycles. The van der Waals surface area contributed by atoms with Gasteiger partial charge in [-0.05, 0) is 17.9 Å². The van der Waals surface area contributed by atoms with Crippen molar-refractivity contribution in [3.05, 3.63) is 32.3 Å². The summed E-state index contributed by atoms with van der Waals surface area (Å²) in [6.07, 6.45) is -1.34. The zero-order valence-electron chi connectivity index (χ0n) is 8.75. The molecule has 0 aliphatic rings. The Balaban J connectivity index is 0.00000144. The zero-order valence-corrected chi connectivity index (χ0v) is 12.7. The van der Waals surface area contributed by atoms with Crippen LogP contribution in [0.2, 0.25) is 0 Å². The van der Waals surface area contributed by atoms with Crippen LogP contribution in [0.4, 0.5) is 12.9 Å². The molecule has 1 N–H and O–H groups in total. The molecule has 86 valence electrons. The van der Waals surface area contributed by atoms with Crippen LogP contribution >= 0.6 is 11.3 Å². The molecule has 0 aliphatic carbocycles. The van der Waals surface area contributed by atoms with E-state index in [9.17, 15) is 22.5 Å². The molecule has 0 spiro atoms. The van der Waals surface area contributed by atoms with Crippen LogP contribution in [0.25, 0.3) is 10.2 Å². The van der Waals surface area contributed by atoms with Crippen LogP contribution in [0.15, 0.2) is 21.0 Å². The standard InChI is InChI=1S/C7H5BF3N2O2S.K/c9-8(10,11)3-13-4-1-2-16-5(4)6(14)12-7(13)15;/h1-2H,3H2,(H,12,14,15);/q-1;+1. The second-order valence-corrected chi connectivity index (χ2v) is 4.13.